The van der Waals surface area contributed by atoms with E-state index in [-0.39, 0.29) is 95.4 Å². The highest BCUT2D eigenvalue weighted by atomic mass is 32.2. The molecule has 0 radical (unpaired) electrons. The summed E-state index contributed by atoms with van der Waals surface area (Å²) in [5.74, 6) is 1.68. The summed E-state index contributed by atoms with van der Waals surface area (Å²) in [6.07, 6.45) is 1.42. The highest BCUT2D eigenvalue weighted by molar-refractivity contribution is 7.86. The Hall–Kier alpha value is -6.21. The fourth-order valence-electron chi connectivity index (χ4n) is 10.5. The van der Waals surface area contributed by atoms with Gasteiger partial charge in [0.2, 0.25) is 5.43 Å². The van der Waals surface area contributed by atoms with E-state index in [1.54, 1.807) is 6.20 Å². The number of nitrogens with one attached hydrogen (secondary N) is 3. The summed E-state index contributed by atoms with van der Waals surface area (Å²) in [5, 5.41) is 28.8. The number of aliphatic hydroxyl groups is 1. The number of nitrogens with two attached hydrogens (primary N) is 1. The quantitative estimate of drug-likeness (QED) is 0.00731. The molecule has 3 aliphatic rings. The zero-order valence-electron chi connectivity index (χ0n) is 52.9. The van der Waals surface area contributed by atoms with Gasteiger partial charge in [-0.1, -0.05) is 17.9 Å². The lowest BCUT2D eigenvalue weighted by molar-refractivity contribution is -0.933. The summed E-state index contributed by atoms with van der Waals surface area (Å²) in [7, 11) is -3.48. The minimum atomic E-state index is -5.78. The van der Waals surface area contributed by atoms with Crippen LogP contribution in [0.1, 0.15) is 54.3 Å². The number of carbonyl (C=O) groups is 2. The topological polar surface area (TPSA) is 401 Å². The lowest BCUT2D eigenvalue weighted by atomic mass is 9.92. The summed E-state index contributed by atoms with van der Waals surface area (Å²) >= 11 is 0. The molecule has 4 aromatic rings. The van der Waals surface area contributed by atoms with Gasteiger partial charge < -0.3 is 72.9 Å². The maximum atomic E-state index is 14.7. The molecule has 1 aliphatic carbocycles. The van der Waals surface area contributed by atoms with Crippen molar-refractivity contribution in [3.05, 3.63) is 88.0 Å². The van der Waals surface area contributed by atoms with Crippen molar-refractivity contribution in [3.8, 4) is 40.0 Å². The van der Waals surface area contributed by atoms with Gasteiger partial charge in [0.1, 0.15) is 59.5 Å². The van der Waals surface area contributed by atoms with Crippen molar-refractivity contribution in [2.24, 2.45) is 0 Å². The Morgan fingerprint density at radius 3 is 2.13 bits per heavy atom. The first-order valence-corrected chi connectivity index (χ1v) is 35.3. The largest absolute Gasteiger partial charge is 0.505 e. The van der Waals surface area contributed by atoms with E-state index >= 15 is 0 Å². The molecule has 7 rings (SSSR count). The average molecular weight is 1390 g/mol. The predicted molar refractivity (Wildman–Crippen MR) is 337 cm³/mol. The Balaban J connectivity index is 0.811. The molecule has 11 N–H and O–H groups in total. The molecule has 510 valence electrons. The number of halogens is 2. The number of rotatable bonds is 31. The third-order valence-electron chi connectivity index (χ3n) is 15.4. The molecule has 2 aromatic heterocycles. The molecule has 0 saturated carbocycles. The number of amides is 2. The Bertz CT molecular complexity index is 4120. The van der Waals surface area contributed by atoms with Crippen LogP contribution in [0.15, 0.2) is 69.1 Å². The van der Waals surface area contributed by atoms with Crippen LogP contribution in [-0.4, -0.2) is 230 Å². The molecule has 93 heavy (non-hydrogen) atoms. The molecule has 2 aromatic carbocycles. The molecule has 36 heteroatoms. The summed E-state index contributed by atoms with van der Waals surface area (Å²) in [6, 6.07) is 6.62. The number of anilines is 1. The van der Waals surface area contributed by atoms with E-state index in [0.29, 0.717) is 50.5 Å². The zero-order chi connectivity index (χ0) is 68.9. The number of phenols is 1. The monoisotopic (exact) mass is 1390 g/mol. The van der Waals surface area contributed by atoms with E-state index in [4.69, 9.17) is 19.4 Å². The lowest BCUT2D eigenvalue weighted by Crippen LogP contribution is -2.52. The highest BCUT2D eigenvalue weighted by Gasteiger charge is 2.44. The second-order valence-electron chi connectivity index (χ2n) is 25.8. The number of carbonyl (C=O) groups excluding carboxylic acids is 2. The van der Waals surface area contributed by atoms with Crippen molar-refractivity contribution in [3.63, 3.8) is 0 Å². The van der Waals surface area contributed by atoms with E-state index in [9.17, 15) is 74.7 Å². The van der Waals surface area contributed by atoms with E-state index < -0.39 is 92.2 Å². The number of quaternary nitrogens is 4. The van der Waals surface area contributed by atoms with Crippen molar-refractivity contribution in [2.45, 2.75) is 55.4 Å². The van der Waals surface area contributed by atoms with Crippen LogP contribution in [0.5, 0.6) is 5.75 Å². The number of aromatic nitrogens is 3. The van der Waals surface area contributed by atoms with Gasteiger partial charge in [-0.25, -0.2) is 37.5 Å². The van der Waals surface area contributed by atoms with E-state index in [2.05, 4.69) is 67.3 Å². The number of aliphatic hydroxyl groups excluding tert-OH is 1. The maximum Gasteiger partial charge on any atom is 0.489 e. The van der Waals surface area contributed by atoms with Crippen LogP contribution in [0.4, 0.5) is 14.6 Å². The number of phosphoric acid groups is 2. The number of unbranched alkanes of at least 4 members (excludes halogenated alkanes) is 1. The third kappa shape index (κ3) is 20.9. The number of nitrogens with zero attached hydrogens (tertiary/aromatic N) is 7. The summed E-state index contributed by atoms with van der Waals surface area (Å²) in [4.78, 5) is 76.9. The molecule has 3 unspecified atom stereocenters. The molecule has 4 heterocycles. The maximum absolute atomic E-state index is 14.7. The van der Waals surface area contributed by atoms with Gasteiger partial charge in [-0.2, -0.15) is 17.0 Å². The SMILES string of the molecule is C[N+](C)(C)CC[N+](C)(C)CC(=O)NCC#Cc1cn([C@H]2C[C@@H](O)[C@@H](COP(=O)(O)OP(=O)(O)OP(=O)(O)NCCC[N+](C)(C)CCCC[N+](C)(C)CCCNC(=O)c3ccc(-c4c5cc(F)c(=O)cc-5oc5cc(O)c(F)cc45)c(S(=O)(=O)O)c3)O2)c2ncnc(N)c12. The standard InChI is InChI=1S/C57H78F2N11O19P3S/c1-67(2,3)25-26-70(8,9)34-51(74)61-18-12-15-38-33-66(56-53(38)55(60)63-36-64-56)52-32-46(73)49(87-52)35-85-91(78,79)89-92(80,81)88-90(76,77)65-20-14-24-69(6,7)22-11-10-21-68(4,5)23-13-19-62-57(75)37-16-17-39(50(27-37)93(82,83)84)54-40-28-42(58)44(71)30-47(40)86-48-31-45(72)43(59)29-41(48)54/h16-17,27-31,33,36,46,49,52,73H,10-11,13-14,18-26,32,34-35H2,1-9H3,(H6-4,60,61,62,63,64,65,71,72,74,75,76,77,78,79,80,81,82,83,84)/p+4/t46-,49-,52-/m1/s1. The van der Waals surface area contributed by atoms with Gasteiger partial charge in [-0.3, -0.25) is 23.5 Å². The highest BCUT2D eigenvalue weighted by Crippen LogP contribution is 2.66. The molecule has 1 fully saturated rings. The number of likely N-dealkylation sites (N-methyl/N-ethyl adjacent to an activating group) is 2. The second kappa shape index (κ2) is 29.4. The number of benzene rings is 3. The van der Waals surface area contributed by atoms with Crippen molar-refractivity contribution >= 4 is 73.1 Å². The number of hydrogen-bond acceptors (Lipinski definition) is 18. The van der Waals surface area contributed by atoms with E-state index in [0.717, 1.165) is 67.3 Å². The van der Waals surface area contributed by atoms with Crippen LogP contribution < -0.4 is 26.9 Å². The number of fused-ring (bicyclic) bond motifs is 3. The molecule has 2 aliphatic heterocycles. The predicted octanol–water partition coefficient (Wildman–Crippen LogP) is 4.10. The fraction of sp³-hybridized carbons (Fsp3) is 0.491. The first-order valence-electron chi connectivity index (χ1n) is 29.3. The van der Waals surface area contributed by atoms with Crippen LogP contribution in [-0.2, 0) is 46.5 Å². The first-order chi connectivity index (χ1) is 43.0. The molecule has 0 bridgehead atoms. The normalized spacial score (nSPS) is 17.8. The smallest absolute Gasteiger partial charge is 0.489 e. The second-order valence-corrected chi connectivity index (χ2v) is 31.9. The zero-order valence-corrected chi connectivity index (χ0v) is 56.4. The van der Waals surface area contributed by atoms with Crippen LogP contribution in [0.3, 0.4) is 0 Å². The van der Waals surface area contributed by atoms with Crippen LogP contribution >= 0.6 is 23.4 Å². The minimum Gasteiger partial charge on any atom is -0.505 e. The fourth-order valence-corrected chi connectivity index (χ4v) is 14.9. The number of phenolic OH excluding ortho intramolecular Hbond substituents is 1. The Labute approximate surface area is 536 Å². The van der Waals surface area contributed by atoms with Gasteiger partial charge in [0.25, 0.3) is 21.9 Å². The molecule has 30 nitrogen and oxygen atoms in total. The van der Waals surface area contributed by atoms with Gasteiger partial charge >= 0.3 is 23.4 Å². The third-order valence-corrected chi connectivity index (χ3v) is 20.8. The van der Waals surface area contributed by atoms with Gasteiger partial charge in [-0.05, 0) is 24.3 Å². The van der Waals surface area contributed by atoms with Crippen molar-refractivity contribution in [2.75, 3.05) is 141 Å². The van der Waals surface area contributed by atoms with Gasteiger partial charge in [-0.15, -0.1) is 0 Å². The Morgan fingerprint density at radius 1 is 0.817 bits per heavy atom. The van der Waals surface area contributed by atoms with E-state index in [1.807, 2.05) is 42.3 Å². The van der Waals surface area contributed by atoms with Gasteiger partial charge in [0.05, 0.1) is 120 Å². The summed E-state index contributed by atoms with van der Waals surface area (Å²) in [5.41, 5.74) is 4.84. The molecular weight excluding hydrogens is 1310 g/mol. The van der Waals surface area contributed by atoms with E-state index in [1.165, 1.54) is 23.0 Å². The Morgan fingerprint density at radius 2 is 1.47 bits per heavy atom. The number of ether oxygens (including phenoxy) is 1. The molecule has 1 saturated heterocycles. The Kier molecular flexibility index (Phi) is 23.5. The number of phosphoric ester groups is 1. The van der Waals surface area contributed by atoms with Crippen molar-refractivity contribution in [1.29, 1.82) is 0 Å². The lowest BCUT2D eigenvalue weighted by Gasteiger charge is -2.32. The van der Waals surface area contributed by atoms with Crippen LogP contribution in [0.25, 0.3) is 44.5 Å². The minimum absolute atomic E-state index is 0.0223. The molecule has 2 amide bonds. The van der Waals surface area contributed by atoms with Crippen LogP contribution in [0, 0.1) is 23.5 Å². The summed E-state index contributed by atoms with van der Waals surface area (Å²) < 4.78 is 133. The molecule has 0 spiro atoms. The first kappa shape index (κ1) is 74.2. The number of nitrogen functional groups attached to an aromatic ring is 1. The number of aromatic hydroxyl groups is 1. The van der Waals surface area contributed by atoms with Gasteiger partial charge in [0, 0.05) is 91.2 Å². The number of hydrogen-bond donors (Lipinski definition) is 10. The van der Waals surface area contributed by atoms with Crippen LogP contribution in [0.2, 0.25) is 0 Å². The molecule has 6 atom stereocenters. The summed E-state index contributed by atoms with van der Waals surface area (Å²) in [6.45, 7) is 3.57. The van der Waals surface area contributed by atoms with Gasteiger partial charge in [0.15, 0.2) is 23.9 Å². The average Bonchev–Trinajstić information content (AvgIpc) is 0.886. The van der Waals surface area contributed by atoms with Crippen molar-refractivity contribution < 1.29 is 110 Å². The van der Waals surface area contributed by atoms with Crippen molar-refractivity contribution in [1.82, 2.24) is 30.3 Å². The molecular formula is C57H82F2N11O19P3S+4.